The summed E-state index contributed by atoms with van der Waals surface area (Å²) in [6.07, 6.45) is 3.94. The van der Waals surface area contributed by atoms with Gasteiger partial charge in [0.25, 0.3) is 0 Å². The second-order valence-electron chi connectivity index (χ2n) is 4.50. The van der Waals surface area contributed by atoms with Gasteiger partial charge in [0.15, 0.2) is 0 Å². The zero-order valence-electron chi connectivity index (χ0n) is 11.4. The molecule has 0 saturated carbocycles. The first-order chi connectivity index (χ1) is 9.10. The van der Waals surface area contributed by atoms with E-state index in [4.69, 9.17) is 0 Å². The molecule has 2 nitrogen and oxygen atoms in total. The lowest BCUT2D eigenvalue weighted by Crippen LogP contribution is -2.18. The summed E-state index contributed by atoms with van der Waals surface area (Å²) in [6.45, 7) is 2.95. The van der Waals surface area contributed by atoms with Crippen LogP contribution in [0.4, 0.5) is 5.82 Å². The van der Waals surface area contributed by atoms with Gasteiger partial charge in [-0.15, -0.1) is 11.8 Å². The second kappa shape index (κ2) is 6.44. The van der Waals surface area contributed by atoms with E-state index in [2.05, 4.69) is 76.4 Å². The molecule has 1 aromatic heterocycles. The van der Waals surface area contributed by atoms with E-state index < -0.39 is 0 Å². The van der Waals surface area contributed by atoms with Gasteiger partial charge in [-0.3, -0.25) is 0 Å². The van der Waals surface area contributed by atoms with Crippen molar-refractivity contribution in [3.63, 3.8) is 0 Å². The third-order valence-electron chi connectivity index (χ3n) is 2.96. The molecule has 0 spiro atoms. The van der Waals surface area contributed by atoms with Crippen molar-refractivity contribution < 1.29 is 0 Å². The Labute approximate surface area is 127 Å². The van der Waals surface area contributed by atoms with E-state index in [-0.39, 0.29) is 0 Å². The molecule has 0 amide bonds. The largest absolute Gasteiger partial charge is 0.355 e. The van der Waals surface area contributed by atoms with Crippen LogP contribution in [0.5, 0.6) is 0 Å². The number of nitrogens with zero attached hydrogens (tertiary/aromatic N) is 2. The molecule has 1 heterocycles. The number of halogens is 1. The van der Waals surface area contributed by atoms with Crippen LogP contribution in [0.3, 0.4) is 0 Å². The fourth-order valence-electron chi connectivity index (χ4n) is 2.01. The van der Waals surface area contributed by atoms with Crippen molar-refractivity contribution in [2.75, 3.05) is 18.2 Å². The van der Waals surface area contributed by atoms with E-state index >= 15 is 0 Å². The topological polar surface area (TPSA) is 16.1 Å². The Morgan fingerprint density at radius 2 is 1.95 bits per heavy atom. The number of hydrogen-bond acceptors (Lipinski definition) is 3. The van der Waals surface area contributed by atoms with Crippen LogP contribution in [0, 0.1) is 6.92 Å². The summed E-state index contributed by atoms with van der Waals surface area (Å²) in [5, 5.41) is 0. The van der Waals surface area contributed by atoms with Crippen LogP contribution >= 0.6 is 27.7 Å². The highest BCUT2D eigenvalue weighted by molar-refractivity contribution is 9.10. The number of benzene rings is 1. The Hall–Kier alpha value is -1.00. The van der Waals surface area contributed by atoms with Crippen molar-refractivity contribution >= 4 is 33.5 Å². The molecule has 0 fully saturated rings. The number of aromatic nitrogens is 1. The first-order valence-electron chi connectivity index (χ1n) is 6.06. The fourth-order valence-corrected chi connectivity index (χ4v) is 2.87. The molecule has 0 unspecified atom stereocenters. The highest BCUT2D eigenvalue weighted by atomic mass is 79.9. The highest BCUT2D eigenvalue weighted by Crippen LogP contribution is 2.22. The number of rotatable bonds is 4. The van der Waals surface area contributed by atoms with Gasteiger partial charge in [-0.05, 0) is 58.4 Å². The zero-order chi connectivity index (χ0) is 13.8. The first-order valence-corrected chi connectivity index (χ1v) is 8.08. The molecule has 0 atom stereocenters. The summed E-state index contributed by atoms with van der Waals surface area (Å²) in [4.78, 5) is 7.95. The lowest BCUT2D eigenvalue weighted by atomic mass is 10.2. The predicted molar refractivity (Wildman–Crippen MR) is 87.0 cm³/mol. The van der Waals surface area contributed by atoms with Gasteiger partial charge in [-0.2, -0.15) is 0 Å². The maximum Gasteiger partial charge on any atom is 0.131 e. The maximum absolute atomic E-state index is 4.48. The molecule has 0 aliphatic carbocycles. The Balaban J connectivity index is 2.13. The Kier molecular flexibility index (Phi) is 4.88. The van der Waals surface area contributed by atoms with Crippen molar-refractivity contribution in [1.29, 1.82) is 0 Å². The number of anilines is 1. The molecule has 0 radical (unpaired) electrons. The monoisotopic (exact) mass is 336 g/mol. The van der Waals surface area contributed by atoms with Gasteiger partial charge in [-0.1, -0.05) is 12.1 Å². The summed E-state index contributed by atoms with van der Waals surface area (Å²) in [6, 6.07) is 10.8. The minimum atomic E-state index is 0.865. The average molecular weight is 337 g/mol. The van der Waals surface area contributed by atoms with Crippen LogP contribution in [-0.2, 0) is 6.54 Å². The minimum Gasteiger partial charge on any atom is -0.355 e. The van der Waals surface area contributed by atoms with Crippen molar-refractivity contribution in [2.24, 2.45) is 0 Å². The van der Waals surface area contributed by atoms with Gasteiger partial charge < -0.3 is 4.90 Å². The number of pyridine rings is 1. The molecule has 1 aromatic carbocycles. The van der Waals surface area contributed by atoms with Gasteiger partial charge >= 0.3 is 0 Å². The van der Waals surface area contributed by atoms with Crippen LogP contribution in [0.25, 0.3) is 0 Å². The molecule has 100 valence electrons. The fraction of sp³-hybridized carbons (Fsp3) is 0.267. The van der Waals surface area contributed by atoms with E-state index in [0.29, 0.717) is 0 Å². The van der Waals surface area contributed by atoms with E-state index in [1.165, 1.54) is 16.0 Å². The summed E-state index contributed by atoms with van der Waals surface area (Å²) in [5.74, 6) is 1.03. The van der Waals surface area contributed by atoms with Crippen LogP contribution < -0.4 is 4.90 Å². The standard InChI is InChI=1S/C15H17BrN2S/c1-11-8-13(16)9-17-15(11)18(2)10-12-4-6-14(19-3)7-5-12/h4-9H,10H2,1-3H3. The second-order valence-corrected chi connectivity index (χ2v) is 6.29. The molecule has 4 heteroatoms. The lowest BCUT2D eigenvalue weighted by Gasteiger charge is -2.20. The molecular weight excluding hydrogens is 320 g/mol. The van der Waals surface area contributed by atoms with Crippen LogP contribution in [0.1, 0.15) is 11.1 Å². The van der Waals surface area contributed by atoms with Gasteiger partial charge in [0.05, 0.1) is 0 Å². The molecule has 2 rings (SSSR count). The molecule has 0 bridgehead atoms. The van der Waals surface area contributed by atoms with Crippen molar-refractivity contribution in [1.82, 2.24) is 4.98 Å². The van der Waals surface area contributed by atoms with Crippen LogP contribution in [0.15, 0.2) is 45.9 Å². The third-order valence-corrected chi connectivity index (χ3v) is 4.13. The highest BCUT2D eigenvalue weighted by Gasteiger charge is 2.07. The molecular formula is C15H17BrN2S. The summed E-state index contributed by atoms with van der Waals surface area (Å²) in [5.41, 5.74) is 2.47. The Morgan fingerprint density at radius 1 is 1.26 bits per heavy atom. The normalized spacial score (nSPS) is 10.5. The molecule has 0 saturated heterocycles. The van der Waals surface area contributed by atoms with Gasteiger partial charge in [0, 0.05) is 29.2 Å². The molecule has 2 aromatic rings. The Morgan fingerprint density at radius 3 is 2.53 bits per heavy atom. The SMILES string of the molecule is CSc1ccc(CN(C)c2ncc(Br)cc2C)cc1. The van der Waals surface area contributed by atoms with Gasteiger partial charge in [0.1, 0.15) is 5.82 Å². The van der Waals surface area contributed by atoms with Crippen LogP contribution in [-0.4, -0.2) is 18.3 Å². The number of thioether (sulfide) groups is 1. The van der Waals surface area contributed by atoms with E-state index in [1.54, 1.807) is 11.8 Å². The third kappa shape index (κ3) is 3.74. The van der Waals surface area contributed by atoms with E-state index in [1.807, 2.05) is 6.20 Å². The summed E-state index contributed by atoms with van der Waals surface area (Å²) in [7, 11) is 2.08. The van der Waals surface area contributed by atoms with Crippen LogP contribution in [0.2, 0.25) is 0 Å². The number of aryl methyl sites for hydroxylation is 1. The molecule has 0 N–H and O–H groups in total. The zero-order valence-corrected chi connectivity index (χ0v) is 13.8. The lowest BCUT2D eigenvalue weighted by molar-refractivity contribution is 0.888. The van der Waals surface area contributed by atoms with E-state index in [0.717, 1.165) is 16.8 Å². The van der Waals surface area contributed by atoms with Crippen molar-refractivity contribution in [3.05, 3.63) is 52.1 Å². The van der Waals surface area contributed by atoms with Gasteiger partial charge in [0.2, 0.25) is 0 Å². The average Bonchev–Trinajstić information content (AvgIpc) is 2.39. The van der Waals surface area contributed by atoms with Crippen molar-refractivity contribution in [3.8, 4) is 0 Å². The van der Waals surface area contributed by atoms with E-state index in [9.17, 15) is 0 Å². The first kappa shape index (κ1) is 14.4. The molecule has 0 aliphatic rings. The maximum atomic E-state index is 4.48. The molecule has 19 heavy (non-hydrogen) atoms. The predicted octanol–water partition coefficient (Wildman–Crippen LogP) is 4.51. The summed E-state index contributed by atoms with van der Waals surface area (Å²) < 4.78 is 1.02. The number of hydrogen-bond donors (Lipinski definition) is 0. The summed E-state index contributed by atoms with van der Waals surface area (Å²) >= 11 is 5.21. The smallest absolute Gasteiger partial charge is 0.131 e. The van der Waals surface area contributed by atoms with Crippen molar-refractivity contribution in [2.45, 2.75) is 18.4 Å². The molecule has 0 aliphatic heterocycles. The minimum absolute atomic E-state index is 0.865. The van der Waals surface area contributed by atoms with Gasteiger partial charge in [-0.25, -0.2) is 4.98 Å². The Bertz CT molecular complexity index is 555. The quantitative estimate of drug-likeness (QED) is 0.764.